The lowest BCUT2D eigenvalue weighted by atomic mass is 10.1. The van der Waals surface area contributed by atoms with Crippen molar-refractivity contribution >= 4 is 17.2 Å². The molecule has 0 aromatic carbocycles. The van der Waals surface area contributed by atoms with E-state index < -0.39 is 0 Å². The highest BCUT2D eigenvalue weighted by Gasteiger charge is 2.21. The second-order valence-electron chi connectivity index (χ2n) is 5.23. The van der Waals surface area contributed by atoms with E-state index in [-0.39, 0.29) is 11.9 Å². The largest absolute Gasteiger partial charge is 0.341 e. The number of hydrogen-bond donors (Lipinski definition) is 1. The van der Waals surface area contributed by atoms with Gasteiger partial charge in [0.15, 0.2) is 0 Å². The zero-order chi connectivity index (χ0) is 13.8. The molecule has 1 unspecified atom stereocenters. The maximum atomic E-state index is 12.3. The second-order valence-corrected chi connectivity index (χ2v) is 6.52. The number of rotatable bonds is 4. The molecule has 2 heterocycles. The number of thiazole rings is 1. The van der Waals surface area contributed by atoms with Crippen LogP contribution < -0.4 is 5.32 Å². The Balaban J connectivity index is 1.84. The summed E-state index contributed by atoms with van der Waals surface area (Å²) in [6.45, 7) is 8.58. The Morgan fingerprint density at radius 3 is 2.63 bits per heavy atom. The van der Waals surface area contributed by atoms with Crippen LogP contribution in [0.3, 0.4) is 0 Å². The van der Waals surface area contributed by atoms with Crippen LogP contribution in [0, 0.1) is 13.8 Å². The summed E-state index contributed by atoms with van der Waals surface area (Å²) >= 11 is 1.71. The molecule has 1 aromatic rings. The number of likely N-dealkylation sites (tertiary alicyclic amines) is 1. The molecule has 0 bridgehead atoms. The van der Waals surface area contributed by atoms with E-state index in [1.54, 1.807) is 11.3 Å². The number of nitrogens with zero attached hydrogens (tertiary/aromatic N) is 2. The Hall–Kier alpha value is -0.940. The molecule has 0 spiro atoms. The van der Waals surface area contributed by atoms with Gasteiger partial charge in [0.2, 0.25) is 5.91 Å². The highest BCUT2D eigenvalue weighted by molar-refractivity contribution is 7.11. The van der Waals surface area contributed by atoms with Crippen LogP contribution in [-0.4, -0.2) is 34.9 Å². The van der Waals surface area contributed by atoms with Crippen LogP contribution in [-0.2, 0) is 11.3 Å². The summed E-state index contributed by atoms with van der Waals surface area (Å²) < 4.78 is 0. The standard InChI is InChI=1S/C14H23N3OS/c1-10-13(19-12(3)16-10)9-15-11(2)14(18)17-7-5-4-6-8-17/h11,15H,4-9H2,1-3H3. The van der Waals surface area contributed by atoms with E-state index in [1.807, 2.05) is 25.7 Å². The van der Waals surface area contributed by atoms with E-state index in [1.165, 1.54) is 11.3 Å². The van der Waals surface area contributed by atoms with Crippen molar-refractivity contribution in [3.8, 4) is 0 Å². The summed E-state index contributed by atoms with van der Waals surface area (Å²) in [5, 5.41) is 4.42. The predicted molar refractivity (Wildman–Crippen MR) is 78.3 cm³/mol. The van der Waals surface area contributed by atoms with Crippen LogP contribution >= 0.6 is 11.3 Å². The second kappa shape index (κ2) is 6.48. The van der Waals surface area contributed by atoms with Gasteiger partial charge in [0, 0.05) is 24.5 Å². The first-order valence-electron chi connectivity index (χ1n) is 7.03. The highest BCUT2D eigenvalue weighted by Crippen LogP contribution is 2.17. The first-order valence-corrected chi connectivity index (χ1v) is 7.84. The lowest BCUT2D eigenvalue weighted by molar-refractivity contribution is -0.133. The summed E-state index contributed by atoms with van der Waals surface area (Å²) in [7, 11) is 0. The molecule has 2 rings (SSSR count). The maximum Gasteiger partial charge on any atom is 0.239 e. The molecule has 4 nitrogen and oxygen atoms in total. The van der Waals surface area contributed by atoms with Crippen molar-refractivity contribution in [2.24, 2.45) is 0 Å². The quantitative estimate of drug-likeness (QED) is 0.920. The SMILES string of the molecule is Cc1nc(C)c(CNC(C)C(=O)N2CCCCC2)s1. The predicted octanol–water partition coefficient (Wildman–Crippen LogP) is 2.25. The number of carbonyl (C=O) groups excluding carboxylic acids is 1. The Morgan fingerprint density at radius 2 is 2.05 bits per heavy atom. The molecular formula is C14H23N3OS. The smallest absolute Gasteiger partial charge is 0.239 e. The molecule has 19 heavy (non-hydrogen) atoms. The number of nitrogens with one attached hydrogen (secondary N) is 1. The summed E-state index contributed by atoms with van der Waals surface area (Å²) in [5.74, 6) is 0.235. The fourth-order valence-electron chi connectivity index (χ4n) is 2.46. The summed E-state index contributed by atoms with van der Waals surface area (Å²) in [4.78, 5) is 19.9. The minimum atomic E-state index is -0.111. The van der Waals surface area contributed by atoms with Crippen molar-refractivity contribution in [2.45, 2.75) is 52.6 Å². The zero-order valence-electron chi connectivity index (χ0n) is 12.0. The normalized spacial score (nSPS) is 17.5. The molecule has 1 saturated heterocycles. The van der Waals surface area contributed by atoms with E-state index in [4.69, 9.17) is 0 Å². The molecule has 0 radical (unpaired) electrons. The summed E-state index contributed by atoms with van der Waals surface area (Å²) in [5.41, 5.74) is 1.08. The van der Waals surface area contributed by atoms with Gasteiger partial charge >= 0.3 is 0 Å². The lowest BCUT2D eigenvalue weighted by Crippen LogP contribution is -2.46. The van der Waals surface area contributed by atoms with Crippen LogP contribution in [0.1, 0.15) is 41.8 Å². The monoisotopic (exact) mass is 281 g/mol. The van der Waals surface area contributed by atoms with Crippen molar-refractivity contribution in [3.05, 3.63) is 15.6 Å². The van der Waals surface area contributed by atoms with Gasteiger partial charge in [-0.15, -0.1) is 11.3 Å². The average Bonchev–Trinajstić information content (AvgIpc) is 2.74. The van der Waals surface area contributed by atoms with Crippen molar-refractivity contribution in [1.82, 2.24) is 15.2 Å². The van der Waals surface area contributed by atoms with Crippen molar-refractivity contribution < 1.29 is 4.79 Å². The van der Waals surface area contributed by atoms with Gasteiger partial charge < -0.3 is 10.2 Å². The minimum Gasteiger partial charge on any atom is -0.341 e. The molecule has 5 heteroatoms. The van der Waals surface area contributed by atoms with Gasteiger partial charge in [0.05, 0.1) is 16.7 Å². The number of hydrogen-bond acceptors (Lipinski definition) is 4. The fraction of sp³-hybridized carbons (Fsp3) is 0.714. The summed E-state index contributed by atoms with van der Waals surface area (Å²) in [6, 6.07) is -0.111. The zero-order valence-corrected chi connectivity index (χ0v) is 12.8. The van der Waals surface area contributed by atoms with Crippen LogP contribution in [0.2, 0.25) is 0 Å². The van der Waals surface area contributed by atoms with E-state index in [2.05, 4.69) is 10.3 Å². The maximum absolute atomic E-state index is 12.3. The Kier molecular flexibility index (Phi) is 4.93. The molecular weight excluding hydrogens is 258 g/mol. The molecule has 1 atom stereocenters. The first-order chi connectivity index (χ1) is 9.08. The average molecular weight is 281 g/mol. The third-order valence-corrected chi connectivity index (χ3v) is 4.68. The molecule has 0 aliphatic carbocycles. The van der Waals surface area contributed by atoms with Crippen LogP contribution in [0.15, 0.2) is 0 Å². The summed E-state index contributed by atoms with van der Waals surface area (Å²) in [6.07, 6.45) is 3.54. The third-order valence-electron chi connectivity index (χ3n) is 3.61. The van der Waals surface area contributed by atoms with Crippen LogP contribution in [0.4, 0.5) is 0 Å². The Labute approximate surface area is 119 Å². The number of piperidine rings is 1. The molecule has 1 amide bonds. The molecule has 106 valence electrons. The van der Waals surface area contributed by atoms with Gasteiger partial charge in [-0.1, -0.05) is 0 Å². The molecule has 1 aromatic heterocycles. The number of amides is 1. The molecule has 1 aliphatic rings. The highest BCUT2D eigenvalue weighted by atomic mass is 32.1. The topological polar surface area (TPSA) is 45.2 Å². The number of aryl methyl sites for hydroxylation is 2. The van der Waals surface area contributed by atoms with Gasteiger partial charge in [-0.25, -0.2) is 4.98 Å². The molecule has 1 fully saturated rings. The van der Waals surface area contributed by atoms with Crippen LogP contribution in [0.25, 0.3) is 0 Å². The van der Waals surface area contributed by atoms with E-state index in [0.29, 0.717) is 0 Å². The first kappa shape index (κ1) is 14.5. The van der Waals surface area contributed by atoms with Gasteiger partial charge in [-0.2, -0.15) is 0 Å². The van der Waals surface area contributed by atoms with E-state index in [9.17, 15) is 4.79 Å². The van der Waals surface area contributed by atoms with Crippen molar-refractivity contribution in [2.75, 3.05) is 13.1 Å². The lowest BCUT2D eigenvalue weighted by Gasteiger charge is -2.29. The number of aromatic nitrogens is 1. The minimum absolute atomic E-state index is 0.111. The molecule has 0 saturated carbocycles. The Bertz CT molecular complexity index is 438. The van der Waals surface area contributed by atoms with Gasteiger partial charge in [0.25, 0.3) is 0 Å². The van der Waals surface area contributed by atoms with E-state index >= 15 is 0 Å². The Morgan fingerprint density at radius 1 is 1.37 bits per heavy atom. The van der Waals surface area contributed by atoms with Gasteiger partial charge in [-0.05, 0) is 40.0 Å². The van der Waals surface area contributed by atoms with Gasteiger partial charge in [0.1, 0.15) is 0 Å². The fourth-order valence-corrected chi connectivity index (χ4v) is 3.35. The van der Waals surface area contributed by atoms with E-state index in [0.717, 1.165) is 43.2 Å². The van der Waals surface area contributed by atoms with Gasteiger partial charge in [-0.3, -0.25) is 4.79 Å². The van der Waals surface area contributed by atoms with Crippen molar-refractivity contribution in [3.63, 3.8) is 0 Å². The van der Waals surface area contributed by atoms with Crippen LogP contribution in [0.5, 0.6) is 0 Å². The third kappa shape index (κ3) is 3.76. The molecule has 1 aliphatic heterocycles. The van der Waals surface area contributed by atoms with Crippen molar-refractivity contribution in [1.29, 1.82) is 0 Å². The molecule has 1 N–H and O–H groups in total. The number of carbonyl (C=O) groups is 1.